The minimum Gasteiger partial charge on any atom is -0.348 e. The summed E-state index contributed by atoms with van der Waals surface area (Å²) in [6, 6.07) is 11.8. The van der Waals surface area contributed by atoms with Crippen LogP contribution in [0.1, 0.15) is 10.6 Å². The van der Waals surface area contributed by atoms with Crippen LogP contribution < -0.4 is 16.8 Å². The normalized spacial score (nSPS) is 10.2. The van der Waals surface area contributed by atoms with Crippen LogP contribution in [-0.4, -0.2) is 36.0 Å². The summed E-state index contributed by atoms with van der Waals surface area (Å²) in [5, 5.41) is 2.66. The van der Waals surface area contributed by atoms with Crippen molar-refractivity contribution in [3.8, 4) is 11.1 Å². The van der Waals surface area contributed by atoms with Crippen molar-refractivity contribution in [1.82, 2.24) is 15.3 Å². The monoisotopic (exact) mass is 329 g/mol. The molecule has 6 nitrogen and oxygen atoms in total. The number of carbonyl (C=O) groups is 1. The van der Waals surface area contributed by atoms with E-state index in [4.69, 9.17) is 5.73 Å². The Balaban J connectivity index is 0.00000100. The van der Waals surface area contributed by atoms with Crippen molar-refractivity contribution in [1.29, 1.82) is 0 Å². The van der Waals surface area contributed by atoms with Gasteiger partial charge < -0.3 is 21.8 Å². The molecule has 0 bridgehead atoms. The molecule has 0 aliphatic carbocycles. The second-order valence-corrected chi connectivity index (χ2v) is 4.87. The number of imidazole rings is 1. The summed E-state index contributed by atoms with van der Waals surface area (Å²) in [4.78, 5) is 19.1. The van der Waals surface area contributed by atoms with Gasteiger partial charge in [-0.25, -0.2) is 9.37 Å². The van der Waals surface area contributed by atoms with E-state index in [0.717, 1.165) is 16.6 Å². The van der Waals surface area contributed by atoms with Gasteiger partial charge in [0.2, 0.25) is 0 Å². The Morgan fingerprint density at radius 1 is 1.17 bits per heavy atom. The Labute approximate surface area is 139 Å². The average Bonchev–Trinajstić information content (AvgIpc) is 3.05. The number of H-pyrrole nitrogens is 1. The van der Waals surface area contributed by atoms with Crippen molar-refractivity contribution in [2.24, 2.45) is 11.5 Å². The third-order valence-corrected chi connectivity index (χ3v) is 3.30. The average molecular weight is 329 g/mol. The van der Waals surface area contributed by atoms with Crippen LogP contribution in [0.2, 0.25) is 0 Å². The van der Waals surface area contributed by atoms with Gasteiger partial charge >= 0.3 is 0 Å². The van der Waals surface area contributed by atoms with Crippen LogP contribution in [0.5, 0.6) is 0 Å². The molecule has 0 fully saturated rings. The fourth-order valence-electron chi connectivity index (χ4n) is 2.21. The van der Waals surface area contributed by atoms with Gasteiger partial charge in [0, 0.05) is 13.1 Å². The van der Waals surface area contributed by atoms with Gasteiger partial charge in [-0.2, -0.15) is 0 Å². The summed E-state index contributed by atoms with van der Waals surface area (Å²) in [7, 11) is 1.50. The number of amides is 1. The summed E-state index contributed by atoms with van der Waals surface area (Å²) in [5.41, 5.74) is 13.1. The number of hydrogen-bond donors (Lipinski definition) is 4. The molecule has 0 radical (unpaired) electrons. The Morgan fingerprint density at radius 3 is 2.50 bits per heavy atom. The van der Waals surface area contributed by atoms with E-state index in [2.05, 4.69) is 21.0 Å². The molecular formula is C17H20FN5O. The predicted molar refractivity (Wildman–Crippen MR) is 93.0 cm³/mol. The second-order valence-electron chi connectivity index (χ2n) is 4.87. The number of aromatic amines is 1. The molecule has 24 heavy (non-hydrogen) atoms. The third-order valence-electron chi connectivity index (χ3n) is 3.30. The van der Waals surface area contributed by atoms with E-state index in [1.54, 1.807) is 12.1 Å². The molecule has 1 heterocycles. The van der Waals surface area contributed by atoms with E-state index in [9.17, 15) is 9.18 Å². The summed E-state index contributed by atoms with van der Waals surface area (Å²) in [5.74, 6) is -0.310. The number of nitrogens with one attached hydrogen (secondary N) is 2. The summed E-state index contributed by atoms with van der Waals surface area (Å²) >= 11 is 0. The molecule has 1 amide bonds. The minimum atomic E-state index is -0.287. The number of benzene rings is 2. The molecule has 0 atom stereocenters. The van der Waals surface area contributed by atoms with Crippen LogP contribution in [-0.2, 0) is 0 Å². The van der Waals surface area contributed by atoms with Crippen LogP contribution >= 0.6 is 0 Å². The number of carbonyl (C=O) groups excluding carboxylic acids is 1. The molecule has 1 aromatic heterocycles. The Morgan fingerprint density at radius 2 is 1.83 bits per heavy atom. The third kappa shape index (κ3) is 3.95. The lowest BCUT2D eigenvalue weighted by Gasteiger charge is -2.01. The molecule has 0 aliphatic rings. The maximum atomic E-state index is 13.0. The predicted octanol–water partition coefficient (Wildman–Crippen LogP) is 1.63. The van der Waals surface area contributed by atoms with Gasteiger partial charge in [-0.3, -0.25) is 4.79 Å². The van der Waals surface area contributed by atoms with Crippen LogP contribution in [0.3, 0.4) is 0 Å². The highest BCUT2D eigenvalue weighted by Gasteiger charge is 2.11. The molecule has 6 N–H and O–H groups in total. The van der Waals surface area contributed by atoms with Gasteiger partial charge in [0.1, 0.15) is 5.82 Å². The number of nitrogens with two attached hydrogens (primary N) is 2. The van der Waals surface area contributed by atoms with Crippen molar-refractivity contribution in [2.75, 3.05) is 20.1 Å². The van der Waals surface area contributed by atoms with Gasteiger partial charge in [-0.1, -0.05) is 18.2 Å². The molecule has 0 saturated heterocycles. The maximum absolute atomic E-state index is 13.0. The quantitative estimate of drug-likeness (QED) is 0.583. The molecule has 0 unspecified atom stereocenters. The molecule has 0 aliphatic heterocycles. The highest BCUT2D eigenvalue weighted by atomic mass is 19.1. The van der Waals surface area contributed by atoms with Crippen molar-refractivity contribution >= 4 is 16.9 Å². The molecule has 0 saturated carbocycles. The Hall–Kier alpha value is -2.77. The second kappa shape index (κ2) is 8.19. The van der Waals surface area contributed by atoms with E-state index >= 15 is 0 Å². The molecule has 2 aromatic carbocycles. The lowest BCUT2D eigenvalue weighted by Crippen LogP contribution is -2.29. The number of nitrogens with zero attached hydrogens (tertiary/aromatic N) is 1. The van der Waals surface area contributed by atoms with Crippen LogP contribution in [0, 0.1) is 5.82 Å². The zero-order chi connectivity index (χ0) is 17.5. The first-order chi connectivity index (χ1) is 11.7. The van der Waals surface area contributed by atoms with Crippen LogP contribution in [0.4, 0.5) is 4.39 Å². The number of halogens is 1. The van der Waals surface area contributed by atoms with E-state index in [1.165, 1.54) is 19.2 Å². The number of fused-ring (bicyclic) bond motifs is 1. The van der Waals surface area contributed by atoms with Crippen molar-refractivity contribution in [3.05, 3.63) is 54.1 Å². The fraction of sp³-hybridized carbons (Fsp3) is 0.176. The maximum Gasteiger partial charge on any atom is 0.287 e. The smallest absolute Gasteiger partial charge is 0.287 e. The summed E-state index contributed by atoms with van der Waals surface area (Å²) < 4.78 is 13.0. The van der Waals surface area contributed by atoms with Gasteiger partial charge in [0.05, 0.1) is 11.0 Å². The molecular weight excluding hydrogens is 309 g/mol. The van der Waals surface area contributed by atoms with E-state index in [1.807, 2.05) is 18.2 Å². The topological polar surface area (TPSA) is 110 Å². The molecule has 126 valence electrons. The molecule has 0 spiro atoms. The van der Waals surface area contributed by atoms with Crippen molar-refractivity contribution in [3.63, 3.8) is 0 Å². The highest BCUT2D eigenvalue weighted by molar-refractivity contribution is 5.94. The van der Waals surface area contributed by atoms with Gasteiger partial charge in [-0.05, 0) is 42.4 Å². The van der Waals surface area contributed by atoms with Gasteiger partial charge in [0.25, 0.3) is 5.91 Å². The Bertz CT molecular complexity index is 813. The van der Waals surface area contributed by atoms with E-state index in [-0.39, 0.29) is 17.5 Å². The zero-order valence-corrected chi connectivity index (χ0v) is 13.3. The summed E-state index contributed by atoms with van der Waals surface area (Å²) in [6.45, 7) is 0.775. The largest absolute Gasteiger partial charge is 0.348 e. The van der Waals surface area contributed by atoms with Crippen molar-refractivity contribution in [2.45, 2.75) is 0 Å². The minimum absolute atomic E-state index is 0.250. The number of aromatic nitrogens is 2. The van der Waals surface area contributed by atoms with Gasteiger partial charge in [0.15, 0.2) is 5.82 Å². The summed E-state index contributed by atoms with van der Waals surface area (Å²) in [6.07, 6.45) is 0. The van der Waals surface area contributed by atoms with Crippen molar-refractivity contribution < 1.29 is 9.18 Å². The SMILES string of the molecule is CN.NCCNC(=O)c1nc2ccc(-c3ccc(F)cc3)cc2[nH]1. The fourth-order valence-corrected chi connectivity index (χ4v) is 2.21. The first-order valence-electron chi connectivity index (χ1n) is 7.49. The lowest BCUT2D eigenvalue weighted by molar-refractivity contribution is 0.0945. The number of rotatable bonds is 4. The Kier molecular flexibility index (Phi) is 6.00. The van der Waals surface area contributed by atoms with E-state index in [0.29, 0.717) is 18.6 Å². The lowest BCUT2D eigenvalue weighted by atomic mass is 10.1. The van der Waals surface area contributed by atoms with E-state index < -0.39 is 0 Å². The highest BCUT2D eigenvalue weighted by Crippen LogP contribution is 2.23. The first-order valence-corrected chi connectivity index (χ1v) is 7.49. The zero-order valence-electron chi connectivity index (χ0n) is 13.3. The molecule has 7 heteroatoms. The number of hydrogen-bond acceptors (Lipinski definition) is 4. The van der Waals surface area contributed by atoms with Gasteiger partial charge in [-0.15, -0.1) is 0 Å². The van der Waals surface area contributed by atoms with Crippen LogP contribution in [0.25, 0.3) is 22.2 Å². The molecule has 3 rings (SSSR count). The molecule has 3 aromatic rings. The standard InChI is InChI=1S/C16H15FN4O.CH5N/c17-12-4-1-10(2-5-12)11-3-6-13-14(9-11)21-15(20-13)16(22)19-8-7-18;1-2/h1-6,9H,7-8,18H2,(H,19,22)(H,20,21);2H2,1H3. The first kappa shape index (κ1) is 17.6. The van der Waals surface area contributed by atoms with Crippen LogP contribution in [0.15, 0.2) is 42.5 Å².